The number of hydrogen-bond donors (Lipinski definition) is 2. The number of nitrogens with one attached hydrogen (secondary N) is 1. The van der Waals surface area contributed by atoms with Crippen LogP contribution in [-0.2, 0) is 0 Å². The fourth-order valence-electron chi connectivity index (χ4n) is 3.19. The van der Waals surface area contributed by atoms with E-state index in [-0.39, 0.29) is 0 Å². The zero-order valence-electron chi connectivity index (χ0n) is 14.1. The van der Waals surface area contributed by atoms with Gasteiger partial charge in [0.15, 0.2) is 5.82 Å². The molecular formula is C18H25N5. The second-order valence-corrected chi connectivity index (χ2v) is 6.29. The Hall–Kier alpha value is -2.14. The fraction of sp³-hybridized carbons (Fsp3) is 0.444. The van der Waals surface area contributed by atoms with Crippen molar-refractivity contribution in [3.05, 3.63) is 35.4 Å². The molecule has 2 heterocycles. The lowest BCUT2D eigenvalue weighted by Gasteiger charge is -2.33. The Bertz CT molecular complexity index is 673. The van der Waals surface area contributed by atoms with E-state index in [0.717, 1.165) is 48.7 Å². The molecule has 1 fully saturated rings. The van der Waals surface area contributed by atoms with Gasteiger partial charge in [-0.05, 0) is 57.0 Å². The van der Waals surface area contributed by atoms with Crippen LogP contribution in [0, 0.1) is 13.8 Å². The van der Waals surface area contributed by atoms with Crippen LogP contribution in [0.3, 0.4) is 0 Å². The SMILES string of the molecule is CNC1CCN(c2nnc(-c3ccc(N)cc3)c(C)c2C)CC1. The predicted molar refractivity (Wildman–Crippen MR) is 95.6 cm³/mol. The Balaban J connectivity index is 1.87. The summed E-state index contributed by atoms with van der Waals surface area (Å²) in [4.78, 5) is 2.36. The third kappa shape index (κ3) is 3.15. The van der Waals surface area contributed by atoms with Crippen LogP contribution < -0.4 is 16.0 Å². The zero-order chi connectivity index (χ0) is 16.4. The van der Waals surface area contributed by atoms with E-state index in [4.69, 9.17) is 5.73 Å². The molecule has 1 aromatic heterocycles. The van der Waals surface area contributed by atoms with E-state index in [0.29, 0.717) is 6.04 Å². The van der Waals surface area contributed by atoms with Gasteiger partial charge in [-0.1, -0.05) is 12.1 Å². The maximum Gasteiger partial charge on any atom is 0.154 e. The summed E-state index contributed by atoms with van der Waals surface area (Å²) < 4.78 is 0. The smallest absolute Gasteiger partial charge is 0.154 e. The van der Waals surface area contributed by atoms with Crippen LogP contribution in [0.5, 0.6) is 0 Å². The fourth-order valence-corrected chi connectivity index (χ4v) is 3.19. The number of benzene rings is 1. The van der Waals surface area contributed by atoms with E-state index >= 15 is 0 Å². The van der Waals surface area contributed by atoms with E-state index < -0.39 is 0 Å². The maximum absolute atomic E-state index is 5.77. The van der Waals surface area contributed by atoms with Crippen LogP contribution in [-0.4, -0.2) is 36.4 Å². The van der Waals surface area contributed by atoms with Crippen molar-refractivity contribution < 1.29 is 0 Å². The normalized spacial score (nSPS) is 15.9. The van der Waals surface area contributed by atoms with Crippen molar-refractivity contribution in [3.8, 4) is 11.3 Å². The van der Waals surface area contributed by atoms with Gasteiger partial charge in [0.25, 0.3) is 0 Å². The molecule has 3 N–H and O–H groups in total. The highest BCUT2D eigenvalue weighted by Gasteiger charge is 2.22. The molecule has 0 bridgehead atoms. The van der Waals surface area contributed by atoms with Gasteiger partial charge in [-0.3, -0.25) is 0 Å². The van der Waals surface area contributed by atoms with Gasteiger partial charge < -0.3 is 16.0 Å². The Morgan fingerprint density at radius 1 is 1.04 bits per heavy atom. The lowest BCUT2D eigenvalue weighted by atomic mass is 10.0. The molecule has 0 unspecified atom stereocenters. The summed E-state index contributed by atoms with van der Waals surface area (Å²) in [5, 5.41) is 12.4. The minimum atomic E-state index is 0.620. The molecule has 1 aliphatic rings. The molecule has 23 heavy (non-hydrogen) atoms. The van der Waals surface area contributed by atoms with Crippen LogP contribution >= 0.6 is 0 Å². The molecule has 0 saturated carbocycles. The van der Waals surface area contributed by atoms with E-state index in [2.05, 4.69) is 34.3 Å². The second kappa shape index (κ2) is 6.54. The lowest BCUT2D eigenvalue weighted by Crippen LogP contribution is -2.42. The number of rotatable bonds is 3. The topological polar surface area (TPSA) is 67.1 Å². The van der Waals surface area contributed by atoms with Gasteiger partial charge in [0.2, 0.25) is 0 Å². The summed E-state index contributed by atoms with van der Waals surface area (Å²) in [5.41, 5.74) is 10.9. The number of aromatic nitrogens is 2. The molecular weight excluding hydrogens is 286 g/mol. The van der Waals surface area contributed by atoms with Crippen LogP contribution in [0.15, 0.2) is 24.3 Å². The van der Waals surface area contributed by atoms with Gasteiger partial charge in [0, 0.05) is 30.4 Å². The molecule has 0 radical (unpaired) electrons. The summed E-state index contributed by atoms with van der Waals surface area (Å²) >= 11 is 0. The third-order valence-electron chi connectivity index (χ3n) is 4.88. The van der Waals surface area contributed by atoms with E-state index in [1.807, 2.05) is 31.3 Å². The van der Waals surface area contributed by atoms with Crippen molar-refractivity contribution in [1.29, 1.82) is 0 Å². The molecule has 0 amide bonds. The third-order valence-corrected chi connectivity index (χ3v) is 4.88. The first-order valence-corrected chi connectivity index (χ1v) is 8.22. The standard InChI is InChI=1S/C18H25N5/c1-12-13(2)18(23-10-8-16(20-3)9-11-23)22-21-17(12)14-4-6-15(19)7-5-14/h4-7,16,20H,8-11,19H2,1-3H3. The minimum Gasteiger partial charge on any atom is -0.399 e. The lowest BCUT2D eigenvalue weighted by molar-refractivity contribution is 0.439. The van der Waals surface area contributed by atoms with Crippen molar-refractivity contribution in [3.63, 3.8) is 0 Å². The molecule has 0 atom stereocenters. The summed E-state index contributed by atoms with van der Waals surface area (Å²) in [5.74, 6) is 1.02. The van der Waals surface area contributed by atoms with Crippen molar-refractivity contribution >= 4 is 11.5 Å². The highest BCUT2D eigenvalue weighted by Crippen LogP contribution is 2.29. The molecule has 2 aromatic rings. The van der Waals surface area contributed by atoms with Crippen LogP contribution in [0.4, 0.5) is 11.5 Å². The van der Waals surface area contributed by atoms with Gasteiger partial charge in [0.05, 0.1) is 5.69 Å². The largest absolute Gasteiger partial charge is 0.399 e. The first-order valence-electron chi connectivity index (χ1n) is 8.22. The van der Waals surface area contributed by atoms with E-state index in [1.165, 1.54) is 11.1 Å². The monoisotopic (exact) mass is 311 g/mol. The van der Waals surface area contributed by atoms with E-state index in [1.54, 1.807) is 0 Å². The first-order chi connectivity index (χ1) is 11.1. The molecule has 1 aliphatic heterocycles. The Kier molecular flexibility index (Phi) is 4.48. The van der Waals surface area contributed by atoms with Crippen LogP contribution in [0.25, 0.3) is 11.3 Å². The van der Waals surface area contributed by atoms with Crippen molar-refractivity contribution in [2.45, 2.75) is 32.7 Å². The molecule has 5 heteroatoms. The molecule has 1 aromatic carbocycles. The van der Waals surface area contributed by atoms with Crippen molar-refractivity contribution in [2.24, 2.45) is 0 Å². The molecule has 122 valence electrons. The van der Waals surface area contributed by atoms with Crippen LogP contribution in [0.1, 0.15) is 24.0 Å². The van der Waals surface area contributed by atoms with Gasteiger partial charge in [-0.2, -0.15) is 0 Å². The average molecular weight is 311 g/mol. The highest BCUT2D eigenvalue weighted by molar-refractivity contribution is 5.68. The summed E-state index contributed by atoms with van der Waals surface area (Å²) in [6.45, 7) is 6.33. The van der Waals surface area contributed by atoms with Gasteiger partial charge in [-0.25, -0.2) is 0 Å². The molecule has 0 spiro atoms. The Morgan fingerprint density at radius 3 is 2.30 bits per heavy atom. The van der Waals surface area contributed by atoms with Gasteiger partial charge in [-0.15, -0.1) is 10.2 Å². The predicted octanol–water partition coefficient (Wildman–Crippen LogP) is 2.53. The second-order valence-electron chi connectivity index (χ2n) is 6.29. The number of piperidine rings is 1. The molecule has 1 saturated heterocycles. The Labute approximate surface area is 137 Å². The minimum absolute atomic E-state index is 0.620. The quantitative estimate of drug-likeness (QED) is 0.853. The average Bonchev–Trinajstić information content (AvgIpc) is 2.58. The zero-order valence-corrected chi connectivity index (χ0v) is 14.1. The van der Waals surface area contributed by atoms with Crippen molar-refractivity contribution in [1.82, 2.24) is 15.5 Å². The molecule has 5 nitrogen and oxygen atoms in total. The number of nitrogens with two attached hydrogens (primary N) is 1. The van der Waals surface area contributed by atoms with Gasteiger partial charge in [0.1, 0.15) is 0 Å². The number of nitrogen functional groups attached to an aromatic ring is 1. The number of nitrogens with zero attached hydrogens (tertiary/aromatic N) is 3. The highest BCUT2D eigenvalue weighted by atomic mass is 15.3. The number of anilines is 2. The van der Waals surface area contributed by atoms with Crippen LogP contribution in [0.2, 0.25) is 0 Å². The summed E-state index contributed by atoms with van der Waals surface area (Å²) in [7, 11) is 2.04. The molecule has 0 aliphatic carbocycles. The van der Waals surface area contributed by atoms with E-state index in [9.17, 15) is 0 Å². The number of hydrogen-bond acceptors (Lipinski definition) is 5. The first kappa shape index (κ1) is 15.7. The Morgan fingerprint density at radius 2 is 1.70 bits per heavy atom. The van der Waals surface area contributed by atoms with Gasteiger partial charge >= 0.3 is 0 Å². The summed E-state index contributed by atoms with van der Waals surface area (Å²) in [6, 6.07) is 8.44. The molecule has 3 rings (SSSR count). The maximum atomic E-state index is 5.77. The summed E-state index contributed by atoms with van der Waals surface area (Å²) in [6.07, 6.45) is 2.30. The van der Waals surface area contributed by atoms with Crippen molar-refractivity contribution in [2.75, 3.05) is 30.8 Å².